The molecule has 0 aromatic heterocycles. The maximum Gasteiger partial charge on any atom is 0.309 e. The molecule has 4 aliphatic rings. The average Bonchev–Trinajstić information content (AvgIpc) is 3.39. The number of carbonyl (C=O) groups is 2. The van der Waals surface area contributed by atoms with Gasteiger partial charge in [0, 0.05) is 25.7 Å². The van der Waals surface area contributed by atoms with Crippen molar-refractivity contribution in [3.8, 4) is 0 Å². The fourth-order valence-corrected chi connectivity index (χ4v) is 5.51. The van der Waals surface area contributed by atoms with Crippen molar-refractivity contribution in [3.05, 3.63) is 0 Å². The largest absolute Gasteiger partial charge is 0.466 e. The first-order chi connectivity index (χ1) is 15.3. The predicted molar refractivity (Wildman–Crippen MR) is 116 cm³/mol. The summed E-state index contributed by atoms with van der Waals surface area (Å²) in [6, 6.07) is 0. The van der Waals surface area contributed by atoms with E-state index < -0.39 is 11.6 Å². The van der Waals surface area contributed by atoms with Gasteiger partial charge in [0.05, 0.1) is 51.5 Å². The molecule has 2 saturated carbocycles. The number of ether oxygens (including phenoxy) is 6. The van der Waals surface area contributed by atoms with Crippen molar-refractivity contribution in [1.82, 2.24) is 0 Å². The third-order valence-electron chi connectivity index (χ3n) is 7.12. The quantitative estimate of drug-likeness (QED) is 0.594. The molecule has 4 fully saturated rings. The minimum absolute atomic E-state index is 0.0124. The van der Waals surface area contributed by atoms with E-state index in [1.807, 2.05) is 13.8 Å². The molecule has 2 heterocycles. The van der Waals surface area contributed by atoms with Crippen molar-refractivity contribution < 1.29 is 38.0 Å². The summed E-state index contributed by atoms with van der Waals surface area (Å²) in [6.45, 7) is 11.5. The van der Waals surface area contributed by atoms with E-state index in [0.29, 0.717) is 39.6 Å². The van der Waals surface area contributed by atoms with Gasteiger partial charge in [0.1, 0.15) is 0 Å². The van der Waals surface area contributed by atoms with Crippen LogP contribution in [0.5, 0.6) is 0 Å². The fourth-order valence-electron chi connectivity index (χ4n) is 5.51. The summed E-state index contributed by atoms with van der Waals surface area (Å²) < 4.78 is 32.8. The van der Waals surface area contributed by atoms with Crippen molar-refractivity contribution in [2.45, 2.75) is 77.8 Å². The highest BCUT2D eigenvalue weighted by Crippen LogP contribution is 2.43. The van der Waals surface area contributed by atoms with Gasteiger partial charge in [-0.3, -0.25) is 9.59 Å². The standard InChI is InChI=1S/2C12H20O4/c2*1-3-14-11(13)10-4-5-12(8-9(10)2)15-6-7-16-12/h2*9-10H,3-8H2,1-2H3/t9-,10+;9-,10-/m10/s1. The lowest BCUT2D eigenvalue weighted by Gasteiger charge is -2.38. The van der Waals surface area contributed by atoms with Gasteiger partial charge in [-0.15, -0.1) is 0 Å². The van der Waals surface area contributed by atoms with Crippen LogP contribution in [0.3, 0.4) is 0 Å². The van der Waals surface area contributed by atoms with Crippen LogP contribution in [0.4, 0.5) is 0 Å². The lowest BCUT2D eigenvalue weighted by Crippen LogP contribution is -2.42. The molecule has 32 heavy (non-hydrogen) atoms. The monoisotopic (exact) mass is 456 g/mol. The van der Waals surface area contributed by atoms with Gasteiger partial charge in [0.15, 0.2) is 11.6 Å². The van der Waals surface area contributed by atoms with E-state index in [-0.39, 0.29) is 35.6 Å². The first-order valence-corrected chi connectivity index (χ1v) is 12.2. The molecule has 4 atom stereocenters. The second-order valence-electron chi connectivity index (χ2n) is 9.37. The highest BCUT2D eigenvalue weighted by atomic mass is 16.7. The van der Waals surface area contributed by atoms with Crippen molar-refractivity contribution in [3.63, 3.8) is 0 Å². The van der Waals surface area contributed by atoms with Gasteiger partial charge in [-0.1, -0.05) is 13.8 Å². The topological polar surface area (TPSA) is 89.5 Å². The molecular formula is C24H40O8. The Kier molecular flexibility index (Phi) is 8.95. The molecule has 0 amide bonds. The molecule has 2 spiro atoms. The molecule has 0 bridgehead atoms. The number of hydrogen-bond acceptors (Lipinski definition) is 8. The van der Waals surface area contributed by atoms with Crippen molar-refractivity contribution >= 4 is 11.9 Å². The van der Waals surface area contributed by atoms with E-state index >= 15 is 0 Å². The van der Waals surface area contributed by atoms with E-state index in [9.17, 15) is 9.59 Å². The first-order valence-electron chi connectivity index (χ1n) is 12.2. The second-order valence-corrected chi connectivity index (χ2v) is 9.37. The summed E-state index contributed by atoms with van der Waals surface area (Å²) in [4.78, 5) is 23.4. The Hall–Kier alpha value is -1.22. The van der Waals surface area contributed by atoms with Crippen LogP contribution in [0.25, 0.3) is 0 Å². The summed E-state index contributed by atoms with van der Waals surface area (Å²) >= 11 is 0. The van der Waals surface area contributed by atoms with Gasteiger partial charge < -0.3 is 28.4 Å². The Morgan fingerprint density at radius 2 is 1.06 bits per heavy atom. The zero-order valence-electron chi connectivity index (χ0n) is 20.1. The lowest BCUT2D eigenvalue weighted by molar-refractivity contribution is -0.199. The van der Waals surface area contributed by atoms with Gasteiger partial charge >= 0.3 is 11.9 Å². The van der Waals surface area contributed by atoms with Crippen molar-refractivity contribution in [2.24, 2.45) is 23.7 Å². The molecule has 2 aliphatic carbocycles. The fraction of sp³-hybridized carbons (Fsp3) is 0.917. The number of rotatable bonds is 4. The van der Waals surface area contributed by atoms with Gasteiger partial charge in [-0.05, 0) is 38.5 Å². The second kappa shape index (κ2) is 11.3. The Labute approximate surface area is 191 Å². The Balaban J connectivity index is 0.000000181. The Morgan fingerprint density at radius 1 is 0.719 bits per heavy atom. The predicted octanol–water partition coefficient (Wildman–Crippen LogP) is 3.46. The van der Waals surface area contributed by atoms with Crippen LogP contribution < -0.4 is 0 Å². The van der Waals surface area contributed by atoms with Crippen LogP contribution in [0, 0.1) is 23.7 Å². The molecule has 8 nitrogen and oxygen atoms in total. The maximum atomic E-state index is 11.7. The van der Waals surface area contributed by atoms with Crippen LogP contribution in [0.15, 0.2) is 0 Å². The van der Waals surface area contributed by atoms with E-state index in [1.165, 1.54) is 0 Å². The van der Waals surface area contributed by atoms with Crippen molar-refractivity contribution in [2.75, 3.05) is 39.6 Å². The lowest BCUT2D eigenvalue weighted by atomic mass is 9.77. The van der Waals surface area contributed by atoms with E-state index in [4.69, 9.17) is 28.4 Å². The van der Waals surface area contributed by atoms with E-state index in [2.05, 4.69) is 13.8 Å². The molecule has 2 aliphatic heterocycles. The van der Waals surface area contributed by atoms with Crippen molar-refractivity contribution in [1.29, 1.82) is 0 Å². The van der Waals surface area contributed by atoms with Gasteiger partial charge in [-0.2, -0.15) is 0 Å². The van der Waals surface area contributed by atoms with E-state index in [0.717, 1.165) is 38.5 Å². The molecule has 184 valence electrons. The summed E-state index contributed by atoms with van der Waals surface area (Å²) in [7, 11) is 0. The van der Waals surface area contributed by atoms with Crippen LogP contribution in [0.2, 0.25) is 0 Å². The van der Waals surface area contributed by atoms with Crippen LogP contribution in [-0.2, 0) is 38.0 Å². The molecule has 0 unspecified atom stereocenters. The van der Waals surface area contributed by atoms with E-state index in [1.54, 1.807) is 0 Å². The average molecular weight is 457 g/mol. The van der Waals surface area contributed by atoms with Crippen LogP contribution in [0.1, 0.15) is 66.2 Å². The van der Waals surface area contributed by atoms with Crippen LogP contribution in [-0.4, -0.2) is 63.2 Å². The Morgan fingerprint density at radius 3 is 1.34 bits per heavy atom. The summed E-state index contributed by atoms with van der Waals surface area (Å²) in [5.74, 6) is -0.371. The maximum absolute atomic E-state index is 11.7. The molecule has 0 aromatic rings. The molecule has 0 aromatic carbocycles. The highest BCUT2D eigenvalue weighted by molar-refractivity contribution is 5.73. The molecule has 0 N–H and O–H groups in total. The zero-order chi connectivity index (χ0) is 23.2. The highest BCUT2D eigenvalue weighted by Gasteiger charge is 2.47. The summed E-state index contributed by atoms with van der Waals surface area (Å²) in [5.41, 5.74) is 0. The number of hydrogen-bond donors (Lipinski definition) is 0. The number of esters is 2. The minimum atomic E-state index is -0.400. The molecule has 8 heteroatoms. The summed E-state index contributed by atoms with van der Waals surface area (Å²) in [6.07, 6.45) is 4.83. The zero-order valence-corrected chi connectivity index (χ0v) is 20.1. The van der Waals surface area contributed by atoms with Crippen LogP contribution >= 0.6 is 0 Å². The first kappa shape index (κ1) is 25.4. The normalized spacial score (nSPS) is 32.9. The molecule has 4 rings (SSSR count). The number of carbonyl (C=O) groups excluding carboxylic acids is 2. The van der Waals surface area contributed by atoms with Gasteiger partial charge in [-0.25, -0.2) is 0 Å². The minimum Gasteiger partial charge on any atom is -0.466 e. The SMILES string of the molecule is CCOC(=O)[C@H]1CCC2(C[C@@H]1C)OCCO2.CCOC(=O)[C@H]1CCC2(C[C@H]1C)OCCO2. The molecular weight excluding hydrogens is 416 g/mol. The molecule has 0 radical (unpaired) electrons. The van der Waals surface area contributed by atoms with Gasteiger partial charge in [0.2, 0.25) is 0 Å². The summed E-state index contributed by atoms with van der Waals surface area (Å²) in [5, 5.41) is 0. The Bertz CT molecular complexity index is 569. The van der Waals surface area contributed by atoms with Gasteiger partial charge in [0.25, 0.3) is 0 Å². The third-order valence-corrected chi connectivity index (χ3v) is 7.12. The smallest absolute Gasteiger partial charge is 0.309 e. The third kappa shape index (κ3) is 6.01. The molecule has 2 saturated heterocycles.